The topological polar surface area (TPSA) is 49.4 Å². The van der Waals surface area contributed by atoms with Gasteiger partial charge in [0.05, 0.1) is 13.0 Å². The highest BCUT2D eigenvalue weighted by molar-refractivity contribution is 6.03. The number of benzene rings is 4. The average Bonchev–Trinajstić information content (AvgIpc) is 2.91. The van der Waals surface area contributed by atoms with Crippen LogP contribution >= 0.6 is 0 Å². The largest absolute Gasteiger partial charge is 0.352 e. The van der Waals surface area contributed by atoms with E-state index in [0.29, 0.717) is 13.1 Å². The second-order valence-electron chi connectivity index (χ2n) is 9.27. The van der Waals surface area contributed by atoms with Crippen LogP contribution in [0.15, 0.2) is 109 Å². The van der Waals surface area contributed by atoms with Crippen molar-refractivity contribution in [3.05, 3.63) is 143 Å². The quantitative estimate of drug-likeness (QED) is 0.277. The van der Waals surface area contributed by atoms with E-state index in [1.807, 2.05) is 117 Å². The molecule has 2 amide bonds. The minimum atomic E-state index is -0.120. The van der Waals surface area contributed by atoms with Gasteiger partial charge in [-0.1, -0.05) is 102 Å². The highest BCUT2D eigenvalue weighted by atomic mass is 16.2. The van der Waals surface area contributed by atoms with Gasteiger partial charge in [-0.2, -0.15) is 0 Å². The van der Waals surface area contributed by atoms with Crippen LogP contribution in [0.5, 0.6) is 0 Å². The van der Waals surface area contributed by atoms with Gasteiger partial charge in [0.25, 0.3) is 5.91 Å². The molecule has 0 heterocycles. The Hall–Kier alpha value is -4.44. The second kappa shape index (κ2) is 12.5. The van der Waals surface area contributed by atoms with E-state index in [0.717, 1.165) is 27.9 Å². The summed E-state index contributed by atoms with van der Waals surface area (Å²) in [4.78, 5) is 27.8. The number of amides is 2. The Labute approximate surface area is 219 Å². The molecule has 4 nitrogen and oxygen atoms in total. The third-order valence-corrected chi connectivity index (χ3v) is 6.10. The lowest BCUT2D eigenvalue weighted by atomic mass is 10.1. The maximum atomic E-state index is 13.4. The summed E-state index contributed by atoms with van der Waals surface area (Å²) in [5, 5.41) is 3.00. The number of hydrogen-bond donors (Lipinski definition) is 1. The third-order valence-electron chi connectivity index (χ3n) is 6.10. The molecule has 0 spiro atoms. The summed E-state index contributed by atoms with van der Waals surface area (Å²) in [6.45, 7) is 5.00. The van der Waals surface area contributed by atoms with E-state index in [1.54, 1.807) is 11.0 Å². The number of aryl methyl sites for hydroxylation is 2. The van der Waals surface area contributed by atoms with Crippen molar-refractivity contribution < 1.29 is 9.59 Å². The molecule has 186 valence electrons. The minimum Gasteiger partial charge on any atom is -0.352 e. The first kappa shape index (κ1) is 25.6. The fourth-order valence-corrected chi connectivity index (χ4v) is 4.10. The molecule has 0 atom stereocenters. The predicted octanol–water partition coefficient (Wildman–Crippen LogP) is 6.41. The molecule has 0 unspecified atom stereocenters. The van der Waals surface area contributed by atoms with Gasteiger partial charge < -0.3 is 10.2 Å². The smallest absolute Gasteiger partial charge is 0.251 e. The first-order chi connectivity index (χ1) is 18.0. The maximum absolute atomic E-state index is 13.4. The van der Waals surface area contributed by atoms with Crippen molar-refractivity contribution in [3.8, 4) is 0 Å². The third kappa shape index (κ3) is 7.77. The van der Waals surface area contributed by atoms with Crippen LogP contribution in [-0.4, -0.2) is 11.8 Å². The lowest BCUT2D eigenvalue weighted by Gasteiger charge is -2.22. The van der Waals surface area contributed by atoms with Gasteiger partial charge >= 0.3 is 0 Å². The molecule has 0 radical (unpaired) electrons. The first-order valence-corrected chi connectivity index (χ1v) is 12.5. The molecule has 0 aliphatic carbocycles. The Morgan fingerprint density at radius 3 is 2.22 bits per heavy atom. The summed E-state index contributed by atoms with van der Waals surface area (Å²) in [7, 11) is 0. The van der Waals surface area contributed by atoms with Crippen LogP contribution in [0, 0.1) is 13.8 Å². The number of carbonyl (C=O) groups excluding carboxylic acids is 2. The molecular formula is C33H32N2O2. The van der Waals surface area contributed by atoms with E-state index in [2.05, 4.69) is 11.4 Å². The van der Waals surface area contributed by atoms with Crippen LogP contribution in [0.25, 0.3) is 6.08 Å². The molecule has 1 N–H and O–H groups in total. The lowest BCUT2D eigenvalue weighted by molar-refractivity contribution is -0.120. The van der Waals surface area contributed by atoms with Gasteiger partial charge in [0, 0.05) is 18.3 Å². The zero-order chi connectivity index (χ0) is 26.0. The van der Waals surface area contributed by atoms with Crippen LogP contribution in [0.2, 0.25) is 0 Å². The van der Waals surface area contributed by atoms with Crippen LogP contribution in [0.4, 0.5) is 5.69 Å². The number of rotatable bonds is 9. The lowest BCUT2D eigenvalue weighted by Crippen LogP contribution is -2.29. The molecular weight excluding hydrogens is 456 g/mol. The zero-order valence-electron chi connectivity index (χ0n) is 21.4. The Balaban J connectivity index is 1.50. The summed E-state index contributed by atoms with van der Waals surface area (Å²) < 4.78 is 0. The van der Waals surface area contributed by atoms with E-state index in [1.165, 1.54) is 11.1 Å². The molecule has 0 aromatic heterocycles. The van der Waals surface area contributed by atoms with Crippen LogP contribution < -0.4 is 10.2 Å². The average molecular weight is 489 g/mol. The molecule has 4 aromatic rings. The Kier molecular flexibility index (Phi) is 8.66. The Morgan fingerprint density at radius 2 is 1.46 bits per heavy atom. The number of carbonyl (C=O) groups is 2. The fourth-order valence-electron chi connectivity index (χ4n) is 4.10. The van der Waals surface area contributed by atoms with Crippen molar-refractivity contribution in [1.29, 1.82) is 0 Å². The summed E-state index contributed by atoms with van der Waals surface area (Å²) in [6, 6.07) is 33.7. The van der Waals surface area contributed by atoms with Crippen molar-refractivity contribution >= 4 is 23.6 Å². The first-order valence-electron chi connectivity index (χ1n) is 12.5. The molecule has 37 heavy (non-hydrogen) atoms. The summed E-state index contributed by atoms with van der Waals surface area (Å²) >= 11 is 0. The molecule has 0 aliphatic heterocycles. The van der Waals surface area contributed by atoms with Crippen LogP contribution in [-0.2, 0) is 29.1 Å². The normalized spacial score (nSPS) is 10.9. The summed E-state index contributed by atoms with van der Waals surface area (Å²) in [5.74, 6) is -0.176. The van der Waals surface area contributed by atoms with Crippen molar-refractivity contribution in [2.24, 2.45) is 0 Å². The monoisotopic (exact) mass is 488 g/mol. The van der Waals surface area contributed by atoms with Gasteiger partial charge in [-0.25, -0.2) is 0 Å². The number of anilines is 1. The molecule has 4 heteroatoms. The molecule has 0 saturated carbocycles. The fraction of sp³-hybridized carbons (Fsp3) is 0.152. The van der Waals surface area contributed by atoms with Gasteiger partial charge in [0.1, 0.15) is 0 Å². The van der Waals surface area contributed by atoms with Crippen molar-refractivity contribution in [1.82, 2.24) is 5.32 Å². The van der Waals surface area contributed by atoms with Crippen LogP contribution in [0.1, 0.15) is 33.4 Å². The molecule has 4 aromatic carbocycles. The Bertz CT molecular complexity index is 1380. The van der Waals surface area contributed by atoms with Crippen molar-refractivity contribution in [3.63, 3.8) is 0 Å². The van der Waals surface area contributed by atoms with Gasteiger partial charge in [0.2, 0.25) is 5.91 Å². The standard InChI is InChI=1S/C33H32N2O2/c1-25-14-16-28(17-15-25)24-35(33(37)19-18-27-9-4-3-5-10-27)31-13-7-11-29(21-31)22-32(36)34-23-30-12-6-8-26(2)20-30/h3-21H,22-24H2,1-2H3,(H,34,36)/b19-18+. The molecule has 0 bridgehead atoms. The van der Waals surface area contributed by atoms with E-state index in [4.69, 9.17) is 0 Å². The molecule has 4 rings (SSSR count). The van der Waals surface area contributed by atoms with Crippen LogP contribution in [0.3, 0.4) is 0 Å². The maximum Gasteiger partial charge on any atom is 0.251 e. The van der Waals surface area contributed by atoms with Gasteiger partial charge in [0.15, 0.2) is 0 Å². The second-order valence-corrected chi connectivity index (χ2v) is 9.27. The van der Waals surface area contributed by atoms with Gasteiger partial charge in [-0.3, -0.25) is 9.59 Å². The van der Waals surface area contributed by atoms with E-state index in [9.17, 15) is 9.59 Å². The number of nitrogens with zero attached hydrogens (tertiary/aromatic N) is 1. The van der Waals surface area contributed by atoms with Gasteiger partial charge in [-0.15, -0.1) is 0 Å². The zero-order valence-corrected chi connectivity index (χ0v) is 21.4. The van der Waals surface area contributed by atoms with Gasteiger partial charge in [-0.05, 0) is 54.3 Å². The van der Waals surface area contributed by atoms with E-state index < -0.39 is 0 Å². The highest BCUT2D eigenvalue weighted by Gasteiger charge is 2.15. The highest BCUT2D eigenvalue weighted by Crippen LogP contribution is 2.21. The summed E-state index contributed by atoms with van der Waals surface area (Å²) in [5.41, 5.74) is 7.02. The molecule has 0 saturated heterocycles. The summed E-state index contributed by atoms with van der Waals surface area (Å²) in [6.07, 6.45) is 3.67. The van der Waals surface area contributed by atoms with Crippen molar-refractivity contribution in [2.75, 3.05) is 4.90 Å². The molecule has 0 aliphatic rings. The number of nitrogens with one attached hydrogen (secondary N) is 1. The van der Waals surface area contributed by atoms with E-state index >= 15 is 0 Å². The number of hydrogen-bond acceptors (Lipinski definition) is 2. The Morgan fingerprint density at radius 1 is 0.730 bits per heavy atom. The SMILES string of the molecule is Cc1ccc(CN(C(=O)/C=C/c2ccccc2)c2cccc(CC(=O)NCc3cccc(C)c3)c2)cc1. The van der Waals surface area contributed by atoms with Crippen molar-refractivity contribution in [2.45, 2.75) is 33.4 Å². The molecule has 0 fully saturated rings. The van der Waals surface area contributed by atoms with E-state index in [-0.39, 0.29) is 18.2 Å². The minimum absolute atomic E-state index is 0.0564. The predicted molar refractivity (Wildman–Crippen MR) is 151 cm³/mol.